The number of benzene rings is 1. The number of carbonyl (C=O) groups is 2. The fraction of sp³-hybridized carbons (Fsp3) is 0.655. The number of nitrogens with zero attached hydrogens (tertiary/aromatic N) is 3. The molecule has 0 saturated carbocycles. The molecule has 38 heavy (non-hydrogen) atoms. The molecule has 0 radical (unpaired) electrons. The number of hydrogen-bond acceptors (Lipinski definition) is 8. The summed E-state index contributed by atoms with van der Waals surface area (Å²) in [6, 6.07) is 6.73. The number of esters is 2. The van der Waals surface area contributed by atoms with Crippen LogP contribution in [0.25, 0.3) is 0 Å². The Morgan fingerprint density at radius 1 is 0.842 bits per heavy atom. The maximum Gasteiger partial charge on any atom is 0.303 e. The van der Waals surface area contributed by atoms with E-state index >= 15 is 0 Å². The standard InChI is InChI=1S/C29H43N3O6/c1-5-6-7-8-9-10-11-12-13-14-15-25-27-29(38-22(3)34)28(37-21(2)33)26(32(27)31-30-25)20-36-24-18-16-23(35-4)17-19-24/h16-19,26,28-29H,5-15,20H2,1-4H3/t26-,28-,29-/m0/s1. The van der Waals surface area contributed by atoms with E-state index in [9.17, 15) is 9.59 Å². The molecule has 3 rings (SSSR count). The third-order valence-electron chi connectivity index (χ3n) is 6.91. The van der Waals surface area contributed by atoms with Crippen molar-refractivity contribution in [3.05, 3.63) is 35.7 Å². The Morgan fingerprint density at radius 2 is 1.42 bits per heavy atom. The highest BCUT2D eigenvalue weighted by molar-refractivity contribution is 5.67. The average molecular weight is 530 g/mol. The van der Waals surface area contributed by atoms with Gasteiger partial charge in [0.25, 0.3) is 0 Å². The maximum atomic E-state index is 12.0. The van der Waals surface area contributed by atoms with Gasteiger partial charge in [0.15, 0.2) is 12.2 Å². The minimum atomic E-state index is -0.783. The summed E-state index contributed by atoms with van der Waals surface area (Å²) in [6.07, 6.45) is 11.6. The molecular weight excluding hydrogens is 486 g/mol. The van der Waals surface area contributed by atoms with Crippen LogP contribution in [0.1, 0.15) is 109 Å². The summed E-state index contributed by atoms with van der Waals surface area (Å²) in [5, 5.41) is 8.80. The van der Waals surface area contributed by atoms with E-state index < -0.39 is 30.2 Å². The summed E-state index contributed by atoms with van der Waals surface area (Å²) in [6.45, 7) is 5.10. The van der Waals surface area contributed by atoms with Crippen molar-refractivity contribution in [1.82, 2.24) is 15.0 Å². The Balaban J connectivity index is 1.64. The van der Waals surface area contributed by atoms with E-state index in [0.29, 0.717) is 11.4 Å². The molecule has 0 fully saturated rings. The number of aromatic nitrogens is 3. The molecule has 210 valence electrons. The van der Waals surface area contributed by atoms with Crippen molar-refractivity contribution in [2.24, 2.45) is 0 Å². The Kier molecular flexibility index (Phi) is 11.9. The zero-order chi connectivity index (χ0) is 27.3. The lowest BCUT2D eigenvalue weighted by molar-refractivity contribution is -0.167. The number of hydrogen-bond donors (Lipinski definition) is 0. The first-order chi connectivity index (χ1) is 18.4. The van der Waals surface area contributed by atoms with Crippen LogP contribution in [0.15, 0.2) is 24.3 Å². The molecule has 1 aliphatic heterocycles. The van der Waals surface area contributed by atoms with Crippen molar-refractivity contribution >= 4 is 11.9 Å². The van der Waals surface area contributed by atoms with Gasteiger partial charge in [-0.05, 0) is 37.1 Å². The molecule has 0 bridgehead atoms. The summed E-state index contributed by atoms with van der Waals surface area (Å²) in [7, 11) is 1.60. The first-order valence-electron chi connectivity index (χ1n) is 14.0. The number of ether oxygens (including phenoxy) is 4. The van der Waals surface area contributed by atoms with Crippen LogP contribution in [-0.4, -0.2) is 46.8 Å². The molecule has 0 amide bonds. The molecule has 1 aromatic heterocycles. The number of rotatable bonds is 17. The van der Waals surface area contributed by atoms with Crippen LogP contribution in [0.3, 0.4) is 0 Å². The van der Waals surface area contributed by atoms with Gasteiger partial charge in [0.1, 0.15) is 29.8 Å². The van der Waals surface area contributed by atoms with Crippen LogP contribution >= 0.6 is 0 Å². The average Bonchev–Trinajstić information content (AvgIpc) is 3.42. The summed E-state index contributed by atoms with van der Waals surface area (Å²) < 4.78 is 24.2. The second kappa shape index (κ2) is 15.3. The van der Waals surface area contributed by atoms with E-state index in [1.807, 2.05) is 0 Å². The third kappa shape index (κ3) is 8.46. The van der Waals surface area contributed by atoms with E-state index in [0.717, 1.165) is 30.7 Å². The molecule has 0 spiro atoms. The minimum Gasteiger partial charge on any atom is -0.497 e. The van der Waals surface area contributed by atoms with Gasteiger partial charge in [-0.2, -0.15) is 0 Å². The lowest BCUT2D eigenvalue weighted by Gasteiger charge is -2.24. The van der Waals surface area contributed by atoms with Crippen LogP contribution < -0.4 is 9.47 Å². The van der Waals surface area contributed by atoms with Crippen molar-refractivity contribution in [3.8, 4) is 11.5 Å². The second-order valence-corrected chi connectivity index (χ2v) is 9.96. The molecule has 9 heteroatoms. The van der Waals surface area contributed by atoms with Crippen LogP contribution in [0.5, 0.6) is 11.5 Å². The fourth-order valence-corrected chi connectivity index (χ4v) is 4.98. The molecule has 3 atom stereocenters. The van der Waals surface area contributed by atoms with Crippen molar-refractivity contribution < 1.29 is 28.5 Å². The molecule has 0 unspecified atom stereocenters. The molecule has 2 aromatic rings. The SMILES string of the molecule is CCCCCCCCCCCCc1nnn2c1[C@H](OC(C)=O)[C@@H](OC(C)=O)[C@@H]2COc1ccc(OC)cc1. The van der Waals surface area contributed by atoms with Gasteiger partial charge < -0.3 is 18.9 Å². The molecule has 1 aromatic carbocycles. The van der Waals surface area contributed by atoms with Gasteiger partial charge in [-0.3, -0.25) is 9.59 Å². The summed E-state index contributed by atoms with van der Waals surface area (Å²) in [5.41, 5.74) is 1.46. The quantitative estimate of drug-likeness (QED) is 0.184. The van der Waals surface area contributed by atoms with Gasteiger partial charge in [0.05, 0.1) is 12.8 Å². The van der Waals surface area contributed by atoms with Gasteiger partial charge >= 0.3 is 11.9 Å². The molecule has 2 heterocycles. The lowest BCUT2D eigenvalue weighted by atomic mass is 10.0. The monoisotopic (exact) mass is 529 g/mol. The fourth-order valence-electron chi connectivity index (χ4n) is 4.98. The molecule has 0 saturated heterocycles. The van der Waals surface area contributed by atoms with Crippen LogP contribution in [0, 0.1) is 0 Å². The summed E-state index contributed by atoms with van der Waals surface area (Å²) in [5.74, 6) is 0.440. The van der Waals surface area contributed by atoms with E-state index in [2.05, 4.69) is 17.2 Å². The molecule has 0 aliphatic carbocycles. The van der Waals surface area contributed by atoms with Crippen molar-refractivity contribution in [2.75, 3.05) is 13.7 Å². The largest absolute Gasteiger partial charge is 0.497 e. The predicted octanol–water partition coefficient (Wildman–Crippen LogP) is 5.92. The predicted molar refractivity (Wildman–Crippen MR) is 143 cm³/mol. The van der Waals surface area contributed by atoms with Crippen molar-refractivity contribution in [3.63, 3.8) is 0 Å². The third-order valence-corrected chi connectivity index (χ3v) is 6.91. The number of unbranched alkanes of at least 4 members (excludes halogenated alkanes) is 9. The van der Waals surface area contributed by atoms with E-state index in [-0.39, 0.29) is 6.61 Å². The molecule has 1 aliphatic rings. The number of aryl methyl sites for hydroxylation is 1. The van der Waals surface area contributed by atoms with Gasteiger partial charge in [0, 0.05) is 13.8 Å². The second-order valence-electron chi connectivity index (χ2n) is 9.96. The number of fused-ring (bicyclic) bond motifs is 1. The summed E-state index contributed by atoms with van der Waals surface area (Å²) in [4.78, 5) is 24.0. The highest BCUT2D eigenvalue weighted by Crippen LogP contribution is 2.41. The van der Waals surface area contributed by atoms with E-state index in [1.165, 1.54) is 65.2 Å². The van der Waals surface area contributed by atoms with Crippen LogP contribution in [0.2, 0.25) is 0 Å². The molecule has 0 N–H and O–H groups in total. The highest BCUT2D eigenvalue weighted by Gasteiger charge is 2.48. The Bertz CT molecular complexity index is 1010. The van der Waals surface area contributed by atoms with Gasteiger partial charge in [0.2, 0.25) is 0 Å². The molecular formula is C29H43N3O6. The van der Waals surface area contributed by atoms with E-state index in [1.54, 1.807) is 36.1 Å². The first kappa shape index (κ1) is 29.5. The topological polar surface area (TPSA) is 102 Å². The Labute approximate surface area is 226 Å². The van der Waals surface area contributed by atoms with Gasteiger partial charge in [-0.25, -0.2) is 4.68 Å². The van der Waals surface area contributed by atoms with Gasteiger partial charge in [-0.15, -0.1) is 5.10 Å². The first-order valence-corrected chi connectivity index (χ1v) is 14.0. The van der Waals surface area contributed by atoms with E-state index in [4.69, 9.17) is 18.9 Å². The number of carbonyl (C=O) groups excluding carboxylic acids is 2. The Morgan fingerprint density at radius 3 is 2.00 bits per heavy atom. The zero-order valence-electron chi connectivity index (χ0n) is 23.3. The van der Waals surface area contributed by atoms with Crippen molar-refractivity contribution in [2.45, 2.75) is 110 Å². The Hall–Kier alpha value is -3.10. The highest BCUT2D eigenvalue weighted by atomic mass is 16.6. The normalized spacial score (nSPS) is 18.2. The van der Waals surface area contributed by atoms with Crippen LogP contribution in [0.4, 0.5) is 0 Å². The minimum absolute atomic E-state index is 0.163. The molecule has 9 nitrogen and oxygen atoms in total. The van der Waals surface area contributed by atoms with Crippen molar-refractivity contribution in [1.29, 1.82) is 0 Å². The maximum absolute atomic E-state index is 12.0. The number of methoxy groups -OCH3 is 1. The lowest BCUT2D eigenvalue weighted by Crippen LogP contribution is -2.32. The van der Waals surface area contributed by atoms with Gasteiger partial charge in [-0.1, -0.05) is 69.9 Å². The van der Waals surface area contributed by atoms with Crippen LogP contribution in [-0.2, 0) is 25.5 Å². The zero-order valence-corrected chi connectivity index (χ0v) is 23.3. The summed E-state index contributed by atoms with van der Waals surface area (Å²) >= 11 is 0. The smallest absolute Gasteiger partial charge is 0.303 e.